The smallest absolute Gasteiger partial charge is 0.309 e. The summed E-state index contributed by atoms with van der Waals surface area (Å²) in [4.78, 5) is 10.8. The standard InChI is InChI=1S/C11H22O3/c1-9(2)8-14-7-5-6-11(3,4)10(12)13/h9H,5-8H2,1-4H3,(H,12,13). The summed E-state index contributed by atoms with van der Waals surface area (Å²) in [5.74, 6) is -0.191. The third-order valence-electron chi connectivity index (χ3n) is 2.12. The summed E-state index contributed by atoms with van der Waals surface area (Å²) < 4.78 is 5.38. The molecule has 3 nitrogen and oxygen atoms in total. The minimum absolute atomic E-state index is 0.544. The number of ether oxygens (including phenoxy) is 1. The van der Waals surface area contributed by atoms with E-state index < -0.39 is 11.4 Å². The van der Waals surface area contributed by atoms with E-state index in [1.54, 1.807) is 13.8 Å². The number of hydrogen-bond acceptors (Lipinski definition) is 2. The lowest BCUT2D eigenvalue weighted by atomic mass is 9.88. The largest absolute Gasteiger partial charge is 0.481 e. The molecule has 0 aliphatic heterocycles. The zero-order chi connectivity index (χ0) is 11.2. The monoisotopic (exact) mass is 202 g/mol. The molecule has 1 N–H and O–H groups in total. The number of aliphatic carboxylic acids is 1. The molecular formula is C11H22O3. The van der Waals surface area contributed by atoms with Crippen LogP contribution in [0.3, 0.4) is 0 Å². The van der Waals surface area contributed by atoms with Gasteiger partial charge in [0, 0.05) is 13.2 Å². The maximum Gasteiger partial charge on any atom is 0.309 e. The Morgan fingerprint density at radius 2 is 2.00 bits per heavy atom. The third-order valence-corrected chi connectivity index (χ3v) is 2.12. The lowest BCUT2D eigenvalue weighted by Crippen LogP contribution is -2.24. The van der Waals surface area contributed by atoms with Crippen LogP contribution in [0.25, 0.3) is 0 Å². The molecule has 0 bridgehead atoms. The van der Waals surface area contributed by atoms with Crippen LogP contribution in [0.2, 0.25) is 0 Å². The first-order valence-electron chi connectivity index (χ1n) is 5.17. The van der Waals surface area contributed by atoms with E-state index in [0.29, 0.717) is 18.9 Å². The van der Waals surface area contributed by atoms with Gasteiger partial charge in [-0.15, -0.1) is 0 Å². The summed E-state index contributed by atoms with van der Waals surface area (Å²) in [7, 11) is 0. The molecule has 0 atom stereocenters. The Bertz CT molecular complexity index is 173. The van der Waals surface area contributed by atoms with Crippen molar-refractivity contribution in [1.82, 2.24) is 0 Å². The van der Waals surface area contributed by atoms with Gasteiger partial charge in [0.1, 0.15) is 0 Å². The molecule has 0 saturated carbocycles. The highest BCUT2D eigenvalue weighted by Crippen LogP contribution is 2.22. The second-order valence-electron chi connectivity index (χ2n) is 4.76. The molecule has 3 heteroatoms. The Labute approximate surface area is 86.5 Å². The van der Waals surface area contributed by atoms with Crippen molar-refractivity contribution in [1.29, 1.82) is 0 Å². The average Bonchev–Trinajstić information content (AvgIpc) is 2.02. The van der Waals surface area contributed by atoms with E-state index in [0.717, 1.165) is 13.0 Å². The lowest BCUT2D eigenvalue weighted by molar-refractivity contribution is -0.147. The zero-order valence-corrected chi connectivity index (χ0v) is 9.67. The summed E-state index contributed by atoms with van der Waals surface area (Å²) >= 11 is 0. The van der Waals surface area contributed by atoms with Crippen LogP contribution in [0.1, 0.15) is 40.5 Å². The summed E-state index contributed by atoms with van der Waals surface area (Å²) in [5.41, 5.74) is -0.624. The van der Waals surface area contributed by atoms with Gasteiger partial charge >= 0.3 is 5.97 Å². The highest BCUT2D eigenvalue weighted by molar-refractivity contribution is 5.73. The third kappa shape index (κ3) is 5.97. The predicted octanol–water partition coefficient (Wildman–Crippen LogP) is 2.55. The topological polar surface area (TPSA) is 46.5 Å². The first-order valence-corrected chi connectivity index (χ1v) is 5.17. The fourth-order valence-electron chi connectivity index (χ4n) is 1.04. The van der Waals surface area contributed by atoms with E-state index in [1.165, 1.54) is 0 Å². The van der Waals surface area contributed by atoms with Crippen LogP contribution in [-0.2, 0) is 9.53 Å². The quantitative estimate of drug-likeness (QED) is 0.645. The minimum atomic E-state index is -0.735. The molecule has 0 heterocycles. The molecule has 0 amide bonds. The van der Waals surface area contributed by atoms with Crippen LogP contribution >= 0.6 is 0 Å². The van der Waals surface area contributed by atoms with Crippen LogP contribution in [-0.4, -0.2) is 24.3 Å². The molecule has 0 aromatic heterocycles. The van der Waals surface area contributed by atoms with E-state index in [-0.39, 0.29) is 0 Å². The SMILES string of the molecule is CC(C)COCCCC(C)(C)C(=O)O. The van der Waals surface area contributed by atoms with Crippen molar-refractivity contribution < 1.29 is 14.6 Å². The first-order chi connectivity index (χ1) is 6.36. The van der Waals surface area contributed by atoms with Crippen LogP contribution in [0.5, 0.6) is 0 Å². The average molecular weight is 202 g/mol. The molecule has 0 unspecified atom stereocenters. The number of rotatable bonds is 7. The minimum Gasteiger partial charge on any atom is -0.481 e. The van der Waals surface area contributed by atoms with Gasteiger partial charge in [0.25, 0.3) is 0 Å². The molecule has 0 aliphatic carbocycles. The predicted molar refractivity (Wildman–Crippen MR) is 56.3 cm³/mol. The van der Waals surface area contributed by atoms with E-state index in [4.69, 9.17) is 9.84 Å². The van der Waals surface area contributed by atoms with Gasteiger partial charge in [-0.25, -0.2) is 0 Å². The van der Waals surface area contributed by atoms with Gasteiger partial charge in [-0.3, -0.25) is 4.79 Å². The normalized spacial score (nSPS) is 12.1. The molecule has 0 aromatic rings. The van der Waals surface area contributed by atoms with Gasteiger partial charge in [0.2, 0.25) is 0 Å². The maximum atomic E-state index is 10.8. The van der Waals surface area contributed by atoms with E-state index in [2.05, 4.69) is 13.8 Å². The van der Waals surface area contributed by atoms with Crippen LogP contribution in [0.15, 0.2) is 0 Å². The van der Waals surface area contributed by atoms with Gasteiger partial charge in [0.05, 0.1) is 5.41 Å². The van der Waals surface area contributed by atoms with E-state index in [1.807, 2.05) is 0 Å². The van der Waals surface area contributed by atoms with Gasteiger partial charge < -0.3 is 9.84 Å². The fourth-order valence-corrected chi connectivity index (χ4v) is 1.04. The first kappa shape index (κ1) is 13.4. The highest BCUT2D eigenvalue weighted by atomic mass is 16.5. The summed E-state index contributed by atoms with van der Waals surface area (Å²) in [5, 5.41) is 8.85. The second-order valence-corrected chi connectivity index (χ2v) is 4.76. The Morgan fingerprint density at radius 3 is 2.43 bits per heavy atom. The Kier molecular flexibility index (Phi) is 5.77. The molecule has 0 aliphatic rings. The van der Waals surface area contributed by atoms with Crippen molar-refractivity contribution in [3.05, 3.63) is 0 Å². The Balaban J connectivity index is 3.49. The number of carboxylic acid groups (broad SMARTS) is 1. The van der Waals surface area contributed by atoms with Gasteiger partial charge in [-0.1, -0.05) is 13.8 Å². The van der Waals surface area contributed by atoms with Crippen molar-refractivity contribution in [3.63, 3.8) is 0 Å². The van der Waals surface area contributed by atoms with Crippen LogP contribution in [0, 0.1) is 11.3 Å². The van der Waals surface area contributed by atoms with Crippen LogP contribution < -0.4 is 0 Å². The molecule has 0 rings (SSSR count). The summed E-state index contributed by atoms with van der Waals surface area (Å²) in [6.07, 6.45) is 1.48. The van der Waals surface area contributed by atoms with Crippen molar-refractivity contribution in [3.8, 4) is 0 Å². The molecule has 0 aromatic carbocycles. The zero-order valence-electron chi connectivity index (χ0n) is 9.67. The molecule has 0 saturated heterocycles. The molecular weight excluding hydrogens is 180 g/mol. The van der Waals surface area contributed by atoms with Gasteiger partial charge in [0.15, 0.2) is 0 Å². The number of carboxylic acids is 1. The lowest BCUT2D eigenvalue weighted by Gasteiger charge is -2.18. The van der Waals surface area contributed by atoms with Crippen molar-refractivity contribution >= 4 is 5.97 Å². The second kappa shape index (κ2) is 6.02. The van der Waals surface area contributed by atoms with Gasteiger partial charge in [-0.2, -0.15) is 0 Å². The van der Waals surface area contributed by atoms with E-state index >= 15 is 0 Å². The molecule has 0 fully saturated rings. The van der Waals surface area contributed by atoms with E-state index in [9.17, 15) is 4.79 Å². The van der Waals surface area contributed by atoms with Crippen LogP contribution in [0.4, 0.5) is 0 Å². The van der Waals surface area contributed by atoms with Crippen molar-refractivity contribution in [2.45, 2.75) is 40.5 Å². The fraction of sp³-hybridized carbons (Fsp3) is 0.909. The number of carbonyl (C=O) groups is 1. The Morgan fingerprint density at radius 1 is 1.43 bits per heavy atom. The van der Waals surface area contributed by atoms with Crippen molar-refractivity contribution in [2.24, 2.45) is 11.3 Å². The van der Waals surface area contributed by atoms with Crippen molar-refractivity contribution in [2.75, 3.05) is 13.2 Å². The molecule has 0 spiro atoms. The highest BCUT2D eigenvalue weighted by Gasteiger charge is 2.25. The van der Waals surface area contributed by atoms with Gasteiger partial charge in [-0.05, 0) is 32.6 Å². The molecule has 0 radical (unpaired) electrons. The number of hydrogen-bond donors (Lipinski definition) is 1. The maximum absolute atomic E-state index is 10.8. The summed E-state index contributed by atoms with van der Waals surface area (Å²) in [6, 6.07) is 0. The molecule has 84 valence electrons. The summed E-state index contributed by atoms with van der Waals surface area (Å²) in [6.45, 7) is 9.11. The molecule has 14 heavy (non-hydrogen) atoms. The Hall–Kier alpha value is -0.570.